The Labute approximate surface area is 153 Å². The van der Waals surface area contributed by atoms with Gasteiger partial charge in [-0.1, -0.05) is 6.07 Å². The Hall–Kier alpha value is -2.35. The van der Waals surface area contributed by atoms with Gasteiger partial charge < -0.3 is 14.5 Å². The number of carbonyl (C=O) groups is 1. The van der Waals surface area contributed by atoms with Crippen molar-refractivity contribution in [2.75, 3.05) is 5.32 Å². The standard InChI is InChI=1S/C18H16IN3O2/c1-2-21-12-14(8-9-17(21)23)20-18(24)16-7-4-10-22(16)15-6-3-5-13(19)11-15/h3-12H,2H2,1H3,(H,20,24). The van der Waals surface area contributed by atoms with Crippen molar-refractivity contribution >= 4 is 34.2 Å². The Kier molecular flexibility index (Phi) is 4.84. The molecule has 0 fully saturated rings. The molecule has 0 aliphatic rings. The van der Waals surface area contributed by atoms with Crippen molar-refractivity contribution < 1.29 is 4.79 Å². The summed E-state index contributed by atoms with van der Waals surface area (Å²) in [5.41, 5.74) is 1.97. The third kappa shape index (κ3) is 3.43. The summed E-state index contributed by atoms with van der Waals surface area (Å²) in [6.45, 7) is 2.44. The first-order valence-electron chi connectivity index (χ1n) is 7.53. The smallest absolute Gasteiger partial charge is 0.272 e. The first kappa shape index (κ1) is 16.5. The average Bonchev–Trinajstić information content (AvgIpc) is 3.06. The predicted octanol–water partition coefficient (Wildman–Crippen LogP) is 3.52. The first-order valence-corrected chi connectivity index (χ1v) is 8.61. The zero-order chi connectivity index (χ0) is 17.1. The molecule has 122 valence electrons. The molecule has 1 N–H and O–H groups in total. The van der Waals surface area contributed by atoms with E-state index in [1.165, 1.54) is 6.07 Å². The van der Waals surface area contributed by atoms with E-state index in [0.717, 1.165) is 9.26 Å². The highest BCUT2D eigenvalue weighted by atomic mass is 127. The number of carbonyl (C=O) groups excluding carboxylic acids is 1. The molecule has 2 heterocycles. The SMILES string of the molecule is CCn1cc(NC(=O)c2cccn2-c2cccc(I)c2)ccc1=O. The largest absolute Gasteiger partial charge is 0.319 e. The highest BCUT2D eigenvalue weighted by molar-refractivity contribution is 14.1. The number of aryl methyl sites for hydroxylation is 1. The molecule has 0 saturated carbocycles. The van der Waals surface area contributed by atoms with Crippen LogP contribution < -0.4 is 10.9 Å². The maximum absolute atomic E-state index is 12.6. The topological polar surface area (TPSA) is 56.0 Å². The quantitative estimate of drug-likeness (QED) is 0.641. The maximum Gasteiger partial charge on any atom is 0.272 e. The van der Waals surface area contributed by atoms with Crippen LogP contribution in [-0.2, 0) is 6.54 Å². The van der Waals surface area contributed by atoms with E-state index in [2.05, 4.69) is 27.9 Å². The second-order valence-electron chi connectivity index (χ2n) is 5.24. The van der Waals surface area contributed by atoms with Gasteiger partial charge in [-0.05, 0) is 65.9 Å². The monoisotopic (exact) mass is 433 g/mol. The van der Waals surface area contributed by atoms with Gasteiger partial charge in [-0.25, -0.2) is 0 Å². The molecule has 24 heavy (non-hydrogen) atoms. The Morgan fingerprint density at radius 1 is 1.17 bits per heavy atom. The third-order valence-electron chi connectivity index (χ3n) is 3.65. The van der Waals surface area contributed by atoms with Gasteiger partial charge in [0.1, 0.15) is 5.69 Å². The lowest BCUT2D eigenvalue weighted by atomic mass is 10.3. The maximum atomic E-state index is 12.6. The molecule has 6 heteroatoms. The fourth-order valence-corrected chi connectivity index (χ4v) is 2.99. The minimum atomic E-state index is -0.222. The normalized spacial score (nSPS) is 10.6. The fraction of sp³-hybridized carbons (Fsp3) is 0.111. The summed E-state index contributed by atoms with van der Waals surface area (Å²) in [5, 5.41) is 2.85. The predicted molar refractivity (Wildman–Crippen MR) is 103 cm³/mol. The molecule has 1 amide bonds. The lowest BCUT2D eigenvalue weighted by Gasteiger charge is -2.11. The Morgan fingerprint density at radius 3 is 2.75 bits per heavy atom. The van der Waals surface area contributed by atoms with Crippen molar-refractivity contribution in [1.82, 2.24) is 9.13 Å². The van der Waals surface area contributed by atoms with Gasteiger partial charge in [0, 0.05) is 34.3 Å². The number of amides is 1. The number of aromatic nitrogens is 2. The van der Waals surface area contributed by atoms with Crippen LogP contribution in [0.25, 0.3) is 5.69 Å². The number of nitrogens with zero attached hydrogens (tertiary/aromatic N) is 2. The number of anilines is 1. The summed E-state index contributed by atoms with van der Waals surface area (Å²) >= 11 is 2.24. The van der Waals surface area contributed by atoms with Crippen LogP contribution in [-0.4, -0.2) is 15.0 Å². The second kappa shape index (κ2) is 7.04. The van der Waals surface area contributed by atoms with Gasteiger partial charge in [0.25, 0.3) is 11.5 Å². The zero-order valence-electron chi connectivity index (χ0n) is 13.1. The summed E-state index contributed by atoms with van der Waals surface area (Å²) in [4.78, 5) is 24.3. The molecule has 0 saturated heterocycles. The first-order chi connectivity index (χ1) is 11.6. The van der Waals surface area contributed by atoms with Crippen molar-refractivity contribution in [2.45, 2.75) is 13.5 Å². The third-order valence-corrected chi connectivity index (χ3v) is 4.32. The van der Waals surface area contributed by atoms with E-state index < -0.39 is 0 Å². The average molecular weight is 433 g/mol. The summed E-state index contributed by atoms with van der Waals surface area (Å²) < 4.78 is 4.49. The zero-order valence-corrected chi connectivity index (χ0v) is 15.2. The number of nitrogens with one attached hydrogen (secondary N) is 1. The molecule has 1 aromatic carbocycles. The number of halogens is 1. The lowest BCUT2D eigenvalue weighted by Crippen LogP contribution is -2.21. The van der Waals surface area contributed by atoms with E-state index in [9.17, 15) is 9.59 Å². The van der Waals surface area contributed by atoms with E-state index >= 15 is 0 Å². The van der Waals surface area contributed by atoms with Crippen LogP contribution in [0.5, 0.6) is 0 Å². The van der Waals surface area contributed by atoms with Gasteiger partial charge in [0.2, 0.25) is 0 Å². The molecular formula is C18H16IN3O2. The molecule has 2 aromatic heterocycles. The molecule has 0 atom stereocenters. The van der Waals surface area contributed by atoms with Crippen LogP contribution in [0.15, 0.2) is 65.7 Å². The lowest BCUT2D eigenvalue weighted by molar-refractivity contribution is 0.102. The fourth-order valence-electron chi connectivity index (χ4n) is 2.46. The van der Waals surface area contributed by atoms with E-state index in [-0.39, 0.29) is 11.5 Å². The number of benzene rings is 1. The van der Waals surface area contributed by atoms with Crippen LogP contribution in [0.3, 0.4) is 0 Å². The molecule has 0 aliphatic carbocycles. The van der Waals surface area contributed by atoms with Crippen LogP contribution in [0.1, 0.15) is 17.4 Å². The minimum Gasteiger partial charge on any atom is -0.319 e. The van der Waals surface area contributed by atoms with Crippen molar-refractivity contribution in [3.8, 4) is 5.69 Å². The molecule has 3 rings (SSSR count). The summed E-state index contributed by atoms with van der Waals surface area (Å²) in [7, 11) is 0. The van der Waals surface area contributed by atoms with Gasteiger partial charge >= 0.3 is 0 Å². The molecule has 0 aliphatic heterocycles. The molecule has 0 bridgehead atoms. The Morgan fingerprint density at radius 2 is 2.00 bits per heavy atom. The van der Waals surface area contributed by atoms with Crippen LogP contribution in [0, 0.1) is 3.57 Å². The number of hydrogen-bond acceptors (Lipinski definition) is 2. The molecule has 0 unspecified atom stereocenters. The van der Waals surface area contributed by atoms with Gasteiger partial charge in [0.05, 0.1) is 5.69 Å². The van der Waals surface area contributed by atoms with Crippen molar-refractivity contribution in [1.29, 1.82) is 0 Å². The van der Waals surface area contributed by atoms with Gasteiger partial charge in [-0.2, -0.15) is 0 Å². The summed E-state index contributed by atoms with van der Waals surface area (Å²) in [5.74, 6) is -0.222. The van der Waals surface area contributed by atoms with Crippen molar-refractivity contribution in [2.24, 2.45) is 0 Å². The van der Waals surface area contributed by atoms with Gasteiger partial charge in [-0.3, -0.25) is 9.59 Å². The highest BCUT2D eigenvalue weighted by Crippen LogP contribution is 2.17. The minimum absolute atomic E-state index is 0.0854. The number of rotatable bonds is 4. The molecule has 5 nitrogen and oxygen atoms in total. The van der Waals surface area contributed by atoms with Crippen molar-refractivity contribution in [3.05, 3.63) is 80.5 Å². The number of hydrogen-bond donors (Lipinski definition) is 1. The molecule has 3 aromatic rings. The molecule has 0 spiro atoms. The van der Waals surface area contributed by atoms with E-state index in [1.54, 1.807) is 22.9 Å². The summed E-state index contributed by atoms with van der Waals surface area (Å²) in [6.07, 6.45) is 3.51. The summed E-state index contributed by atoms with van der Waals surface area (Å²) in [6, 6.07) is 14.6. The van der Waals surface area contributed by atoms with Gasteiger partial charge in [0.15, 0.2) is 0 Å². The van der Waals surface area contributed by atoms with E-state index in [0.29, 0.717) is 17.9 Å². The van der Waals surface area contributed by atoms with E-state index in [4.69, 9.17) is 0 Å². The van der Waals surface area contributed by atoms with Crippen LogP contribution >= 0.6 is 22.6 Å². The van der Waals surface area contributed by atoms with Crippen molar-refractivity contribution in [3.63, 3.8) is 0 Å². The van der Waals surface area contributed by atoms with Crippen LogP contribution in [0.4, 0.5) is 5.69 Å². The van der Waals surface area contributed by atoms with Crippen LogP contribution in [0.2, 0.25) is 0 Å². The second-order valence-corrected chi connectivity index (χ2v) is 6.49. The molecule has 0 radical (unpaired) electrons. The Balaban J connectivity index is 1.89. The van der Waals surface area contributed by atoms with E-state index in [1.807, 2.05) is 48.0 Å². The van der Waals surface area contributed by atoms with Gasteiger partial charge in [-0.15, -0.1) is 0 Å². The number of pyridine rings is 1. The highest BCUT2D eigenvalue weighted by Gasteiger charge is 2.13. The Bertz CT molecular complexity index is 943. The molecular weight excluding hydrogens is 417 g/mol.